The molecule has 1 aromatic heterocycles. The number of allylic oxidation sites excluding steroid dienone is 1. The van der Waals surface area contributed by atoms with Gasteiger partial charge in [-0.3, -0.25) is 14.6 Å². The van der Waals surface area contributed by atoms with E-state index in [1.807, 2.05) is 13.0 Å². The molecule has 0 amide bonds. The molecule has 1 aromatic rings. The number of methoxy groups -OCH3 is 1. The van der Waals surface area contributed by atoms with Gasteiger partial charge in [-0.15, -0.1) is 6.42 Å². The van der Waals surface area contributed by atoms with Crippen molar-refractivity contribution >= 4 is 17.4 Å². The summed E-state index contributed by atoms with van der Waals surface area (Å²) in [6, 6.07) is 1.93. The zero-order valence-corrected chi connectivity index (χ0v) is 17.9. The SMILES string of the molecule is C#CC1=C(N2CCC(C)(OC)CC2)c2cc(C(C)OC(=O)C3CC3)ncc2CC1=O. The van der Waals surface area contributed by atoms with Crippen molar-refractivity contribution in [1.82, 2.24) is 9.88 Å². The van der Waals surface area contributed by atoms with Gasteiger partial charge in [0.05, 0.1) is 28.5 Å². The van der Waals surface area contributed by atoms with Crippen molar-refractivity contribution in [2.45, 2.75) is 57.7 Å². The van der Waals surface area contributed by atoms with Crippen LogP contribution in [-0.4, -0.2) is 47.4 Å². The van der Waals surface area contributed by atoms with Gasteiger partial charge in [-0.2, -0.15) is 0 Å². The molecule has 6 nitrogen and oxygen atoms in total. The van der Waals surface area contributed by atoms with Gasteiger partial charge in [0.25, 0.3) is 0 Å². The molecule has 0 aromatic carbocycles. The standard InChI is InChI=1S/C24H28N2O4/c1-5-18-21(27)12-17-14-25-20(15(2)30-23(28)16-6-7-16)13-19(17)22(18)26-10-8-24(3,29-4)9-11-26/h1,13-16H,6-12H2,2-4H3. The lowest BCUT2D eigenvalue weighted by molar-refractivity contribution is -0.150. The fourth-order valence-corrected chi connectivity index (χ4v) is 4.15. The van der Waals surface area contributed by atoms with Crippen LogP contribution in [0.2, 0.25) is 0 Å². The van der Waals surface area contributed by atoms with E-state index in [1.54, 1.807) is 13.3 Å². The molecule has 3 aliphatic rings. The first-order valence-electron chi connectivity index (χ1n) is 10.6. The summed E-state index contributed by atoms with van der Waals surface area (Å²) < 4.78 is 11.3. The minimum atomic E-state index is -0.449. The Kier molecular flexibility index (Phi) is 5.42. The van der Waals surface area contributed by atoms with Crippen molar-refractivity contribution in [1.29, 1.82) is 0 Å². The van der Waals surface area contributed by atoms with E-state index < -0.39 is 6.10 Å². The van der Waals surface area contributed by atoms with Crippen LogP contribution in [-0.2, 0) is 25.5 Å². The molecular weight excluding hydrogens is 380 g/mol. The second-order valence-electron chi connectivity index (χ2n) is 8.73. The molecule has 158 valence electrons. The smallest absolute Gasteiger partial charge is 0.309 e. The highest BCUT2D eigenvalue weighted by Crippen LogP contribution is 2.37. The summed E-state index contributed by atoms with van der Waals surface area (Å²) >= 11 is 0. The van der Waals surface area contributed by atoms with E-state index >= 15 is 0 Å². The van der Waals surface area contributed by atoms with Crippen molar-refractivity contribution in [2.75, 3.05) is 20.2 Å². The number of esters is 1. The van der Waals surface area contributed by atoms with Crippen LogP contribution < -0.4 is 0 Å². The van der Waals surface area contributed by atoms with Gasteiger partial charge >= 0.3 is 5.97 Å². The van der Waals surface area contributed by atoms with Gasteiger partial charge in [-0.25, -0.2) is 0 Å². The molecule has 0 bridgehead atoms. The summed E-state index contributed by atoms with van der Waals surface area (Å²) in [5, 5.41) is 0. The lowest BCUT2D eigenvalue weighted by atomic mass is 9.86. The van der Waals surface area contributed by atoms with E-state index in [1.165, 1.54) is 0 Å². The molecule has 1 unspecified atom stereocenters. The maximum atomic E-state index is 12.7. The molecule has 1 saturated heterocycles. The van der Waals surface area contributed by atoms with Gasteiger partial charge in [-0.1, -0.05) is 5.92 Å². The quantitative estimate of drug-likeness (QED) is 0.551. The second-order valence-corrected chi connectivity index (χ2v) is 8.73. The molecule has 0 N–H and O–H groups in total. The first-order valence-corrected chi connectivity index (χ1v) is 10.6. The summed E-state index contributed by atoms with van der Waals surface area (Å²) in [4.78, 5) is 31.5. The van der Waals surface area contributed by atoms with Crippen molar-refractivity contribution in [2.24, 2.45) is 5.92 Å². The monoisotopic (exact) mass is 408 g/mol. The molecule has 0 radical (unpaired) electrons. The van der Waals surface area contributed by atoms with Crippen molar-refractivity contribution in [3.63, 3.8) is 0 Å². The maximum absolute atomic E-state index is 12.7. The summed E-state index contributed by atoms with van der Waals surface area (Å²) in [6.07, 6.45) is 10.8. The molecular formula is C24H28N2O4. The Morgan fingerprint density at radius 3 is 2.67 bits per heavy atom. The molecule has 6 heteroatoms. The Hall–Kier alpha value is -2.65. The largest absolute Gasteiger partial charge is 0.456 e. The Labute approximate surface area is 177 Å². The average molecular weight is 408 g/mol. The van der Waals surface area contributed by atoms with Crippen LogP contribution in [0.15, 0.2) is 17.8 Å². The molecule has 2 aliphatic carbocycles. The topological polar surface area (TPSA) is 68.7 Å². The summed E-state index contributed by atoms with van der Waals surface area (Å²) in [5.41, 5.74) is 3.50. The van der Waals surface area contributed by atoms with Gasteiger partial charge in [0.1, 0.15) is 6.10 Å². The van der Waals surface area contributed by atoms with Crippen LogP contribution in [0, 0.1) is 18.3 Å². The normalized spacial score (nSPS) is 21.7. The molecule has 1 aliphatic heterocycles. The molecule has 4 rings (SSSR count). The molecule has 30 heavy (non-hydrogen) atoms. The predicted molar refractivity (Wildman–Crippen MR) is 112 cm³/mol. The number of rotatable bonds is 5. The van der Waals surface area contributed by atoms with Gasteiger partial charge in [-0.05, 0) is 51.2 Å². The van der Waals surface area contributed by atoms with Crippen LogP contribution in [0.25, 0.3) is 5.70 Å². The van der Waals surface area contributed by atoms with Gasteiger partial charge in [0, 0.05) is 38.4 Å². The van der Waals surface area contributed by atoms with Crippen LogP contribution >= 0.6 is 0 Å². The summed E-state index contributed by atoms with van der Waals surface area (Å²) in [7, 11) is 1.74. The molecule has 0 spiro atoms. The first-order chi connectivity index (χ1) is 14.3. The fourth-order valence-electron chi connectivity index (χ4n) is 4.15. The summed E-state index contributed by atoms with van der Waals surface area (Å²) in [5.74, 6) is 2.46. The highest BCUT2D eigenvalue weighted by Gasteiger charge is 2.36. The number of pyridine rings is 1. The molecule has 1 saturated carbocycles. The number of ketones is 1. The highest BCUT2D eigenvalue weighted by molar-refractivity contribution is 6.10. The van der Waals surface area contributed by atoms with Crippen LogP contribution in [0.5, 0.6) is 0 Å². The number of Topliss-reactive ketones (excluding diaryl/α,β-unsaturated/α-hetero) is 1. The van der Waals surface area contributed by atoms with E-state index in [4.69, 9.17) is 15.9 Å². The number of nitrogens with zero attached hydrogens (tertiary/aromatic N) is 2. The maximum Gasteiger partial charge on any atom is 0.309 e. The number of aromatic nitrogens is 1. The lowest BCUT2D eigenvalue weighted by Gasteiger charge is -2.41. The Bertz CT molecular complexity index is 946. The Morgan fingerprint density at radius 1 is 1.37 bits per heavy atom. The Morgan fingerprint density at radius 2 is 2.07 bits per heavy atom. The first kappa shape index (κ1) is 20.6. The van der Waals surface area contributed by atoms with Crippen molar-refractivity contribution < 1.29 is 19.1 Å². The van der Waals surface area contributed by atoms with E-state index in [9.17, 15) is 9.59 Å². The number of carbonyl (C=O) groups excluding carboxylic acids is 2. The minimum absolute atomic E-state index is 0.0367. The number of carbonyl (C=O) groups is 2. The lowest BCUT2D eigenvalue weighted by Crippen LogP contribution is -2.43. The van der Waals surface area contributed by atoms with E-state index in [0.717, 1.165) is 55.6 Å². The third kappa shape index (κ3) is 3.87. The fraction of sp³-hybridized carbons (Fsp3) is 0.542. The van der Waals surface area contributed by atoms with Gasteiger partial charge in [0.2, 0.25) is 0 Å². The van der Waals surface area contributed by atoms with Gasteiger partial charge < -0.3 is 14.4 Å². The number of hydrogen-bond donors (Lipinski definition) is 0. The van der Waals surface area contributed by atoms with E-state index in [-0.39, 0.29) is 29.7 Å². The van der Waals surface area contributed by atoms with Crippen LogP contribution in [0.3, 0.4) is 0 Å². The van der Waals surface area contributed by atoms with Crippen LogP contribution in [0.1, 0.15) is 62.5 Å². The summed E-state index contributed by atoms with van der Waals surface area (Å²) in [6.45, 7) is 5.45. The van der Waals surface area contributed by atoms with Crippen molar-refractivity contribution in [3.8, 4) is 12.3 Å². The van der Waals surface area contributed by atoms with Gasteiger partial charge in [0.15, 0.2) is 5.78 Å². The number of piperidine rings is 1. The van der Waals surface area contributed by atoms with Crippen LogP contribution in [0.4, 0.5) is 0 Å². The third-order valence-corrected chi connectivity index (χ3v) is 6.52. The number of likely N-dealkylation sites (tertiary alicyclic amines) is 1. The predicted octanol–water partition coefficient (Wildman–Crippen LogP) is 3.07. The van der Waals surface area contributed by atoms with E-state index in [2.05, 4.69) is 22.7 Å². The average Bonchev–Trinajstić information content (AvgIpc) is 3.58. The second kappa shape index (κ2) is 7.88. The minimum Gasteiger partial charge on any atom is -0.456 e. The zero-order chi connectivity index (χ0) is 21.5. The number of terminal acetylenes is 1. The molecule has 2 heterocycles. The molecule has 2 fully saturated rings. The number of hydrogen-bond acceptors (Lipinski definition) is 6. The highest BCUT2D eigenvalue weighted by atomic mass is 16.5. The third-order valence-electron chi connectivity index (χ3n) is 6.52. The zero-order valence-electron chi connectivity index (χ0n) is 17.9. The van der Waals surface area contributed by atoms with E-state index in [0.29, 0.717) is 11.3 Å². The molecule has 1 atom stereocenters. The van der Waals surface area contributed by atoms with Crippen molar-refractivity contribution in [3.05, 3.63) is 34.7 Å². The number of fused-ring (bicyclic) bond motifs is 1. The number of ether oxygens (including phenoxy) is 2. The Balaban J connectivity index is 1.66.